The number of carbonyl (C=O) groups excluding carboxylic acids is 1. The number of carboxylic acids is 1. The lowest BCUT2D eigenvalue weighted by Gasteiger charge is -2.24. The molecule has 0 saturated heterocycles. The van der Waals surface area contributed by atoms with Crippen molar-refractivity contribution in [3.8, 4) is 0 Å². The van der Waals surface area contributed by atoms with Crippen molar-refractivity contribution < 1.29 is 14.7 Å². The molecular weight excluding hydrogens is 302 g/mol. The lowest BCUT2D eigenvalue weighted by molar-refractivity contribution is -0.142. The summed E-state index contributed by atoms with van der Waals surface area (Å²) in [6.45, 7) is 7.41. The van der Waals surface area contributed by atoms with Crippen LogP contribution in [0.15, 0.2) is 24.3 Å². The second kappa shape index (κ2) is 8.18. The minimum atomic E-state index is -0.917. The highest BCUT2D eigenvalue weighted by atomic mass is 35.5. The first kappa shape index (κ1) is 18.5. The van der Waals surface area contributed by atoms with Crippen LogP contribution in [0, 0.1) is 11.8 Å². The van der Waals surface area contributed by atoms with Gasteiger partial charge in [-0.15, -0.1) is 0 Å². The number of nitrogens with one attached hydrogen (secondary N) is 1. The van der Waals surface area contributed by atoms with Gasteiger partial charge in [0.25, 0.3) is 0 Å². The Labute approximate surface area is 136 Å². The smallest absolute Gasteiger partial charge is 0.308 e. The van der Waals surface area contributed by atoms with Crippen LogP contribution < -0.4 is 5.32 Å². The Balaban J connectivity index is 2.89. The van der Waals surface area contributed by atoms with E-state index in [1.54, 1.807) is 26.0 Å². The van der Waals surface area contributed by atoms with E-state index in [2.05, 4.69) is 19.2 Å². The van der Waals surface area contributed by atoms with Crippen molar-refractivity contribution in [2.75, 3.05) is 0 Å². The highest BCUT2D eigenvalue weighted by molar-refractivity contribution is 6.30. The van der Waals surface area contributed by atoms with Gasteiger partial charge in [-0.2, -0.15) is 0 Å². The van der Waals surface area contributed by atoms with Crippen LogP contribution in [0.5, 0.6) is 0 Å². The SMILES string of the molecule is CC(C)CC(C(=O)NC(C)C(C)C(=O)O)c1ccc(Cl)cc1. The van der Waals surface area contributed by atoms with Crippen LogP contribution in [0.2, 0.25) is 5.02 Å². The summed E-state index contributed by atoms with van der Waals surface area (Å²) in [7, 11) is 0. The van der Waals surface area contributed by atoms with Crippen LogP contribution in [0.25, 0.3) is 0 Å². The van der Waals surface area contributed by atoms with Gasteiger partial charge in [-0.1, -0.05) is 37.6 Å². The fourth-order valence-corrected chi connectivity index (χ4v) is 2.35. The Morgan fingerprint density at radius 1 is 1.14 bits per heavy atom. The van der Waals surface area contributed by atoms with E-state index in [1.165, 1.54) is 0 Å². The zero-order valence-corrected chi connectivity index (χ0v) is 14.2. The molecule has 0 spiro atoms. The van der Waals surface area contributed by atoms with Gasteiger partial charge in [0.15, 0.2) is 0 Å². The van der Waals surface area contributed by atoms with Crippen LogP contribution in [0.1, 0.15) is 45.6 Å². The van der Waals surface area contributed by atoms with Gasteiger partial charge in [-0.05, 0) is 43.9 Å². The van der Waals surface area contributed by atoms with Gasteiger partial charge in [0.05, 0.1) is 11.8 Å². The molecule has 0 bridgehead atoms. The molecular formula is C17H24ClNO3. The minimum absolute atomic E-state index is 0.142. The van der Waals surface area contributed by atoms with Gasteiger partial charge in [0.2, 0.25) is 5.91 Å². The van der Waals surface area contributed by atoms with Crippen LogP contribution in [-0.2, 0) is 9.59 Å². The average Bonchev–Trinajstić information content (AvgIpc) is 2.44. The molecule has 0 aromatic heterocycles. The largest absolute Gasteiger partial charge is 0.481 e. The molecule has 1 aromatic carbocycles. The third-order valence-corrected chi connectivity index (χ3v) is 4.06. The van der Waals surface area contributed by atoms with Gasteiger partial charge in [0, 0.05) is 11.1 Å². The zero-order chi connectivity index (χ0) is 16.9. The normalized spacial score (nSPS) is 15.2. The highest BCUT2D eigenvalue weighted by Crippen LogP contribution is 2.26. The molecule has 0 aliphatic heterocycles. The van der Waals surface area contributed by atoms with E-state index in [0.29, 0.717) is 17.4 Å². The zero-order valence-electron chi connectivity index (χ0n) is 13.5. The van der Waals surface area contributed by atoms with Gasteiger partial charge in [-0.25, -0.2) is 0 Å². The summed E-state index contributed by atoms with van der Waals surface area (Å²) in [4.78, 5) is 23.6. The van der Waals surface area contributed by atoms with E-state index in [0.717, 1.165) is 5.56 Å². The molecule has 0 aliphatic carbocycles. The summed E-state index contributed by atoms with van der Waals surface area (Å²) in [5.74, 6) is -1.65. The van der Waals surface area contributed by atoms with Crippen LogP contribution >= 0.6 is 11.6 Å². The van der Waals surface area contributed by atoms with Gasteiger partial charge >= 0.3 is 5.97 Å². The number of rotatable bonds is 7. The molecule has 0 heterocycles. The second-order valence-electron chi connectivity index (χ2n) is 6.16. The average molecular weight is 326 g/mol. The first-order valence-electron chi connectivity index (χ1n) is 7.51. The number of amides is 1. The van der Waals surface area contributed by atoms with Crippen molar-refractivity contribution in [1.82, 2.24) is 5.32 Å². The lowest BCUT2D eigenvalue weighted by Crippen LogP contribution is -2.42. The Morgan fingerprint density at radius 2 is 1.68 bits per heavy atom. The van der Waals surface area contributed by atoms with E-state index >= 15 is 0 Å². The number of hydrogen-bond acceptors (Lipinski definition) is 2. The van der Waals surface area contributed by atoms with E-state index in [-0.39, 0.29) is 11.8 Å². The molecule has 0 fully saturated rings. The summed E-state index contributed by atoms with van der Waals surface area (Å²) in [5.41, 5.74) is 0.894. The molecule has 4 nitrogen and oxygen atoms in total. The first-order chi connectivity index (χ1) is 10.2. The number of aliphatic carboxylic acids is 1. The third-order valence-electron chi connectivity index (χ3n) is 3.81. The number of benzene rings is 1. The fourth-order valence-electron chi connectivity index (χ4n) is 2.22. The van der Waals surface area contributed by atoms with Crippen LogP contribution in [0.3, 0.4) is 0 Å². The van der Waals surface area contributed by atoms with Crippen molar-refractivity contribution >= 4 is 23.5 Å². The Morgan fingerprint density at radius 3 is 2.14 bits per heavy atom. The quantitative estimate of drug-likeness (QED) is 0.803. The Kier molecular flexibility index (Phi) is 6.88. The molecule has 22 heavy (non-hydrogen) atoms. The lowest BCUT2D eigenvalue weighted by atomic mass is 9.89. The van der Waals surface area contributed by atoms with Crippen LogP contribution in [-0.4, -0.2) is 23.0 Å². The molecule has 2 N–H and O–H groups in total. The molecule has 3 unspecified atom stereocenters. The molecule has 5 heteroatoms. The molecule has 122 valence electrons. The molecule has 3 atom stereocenters. The van der Waals surface area contributed by atoms with Crippen LogP contribution in [0.4, 0.5) is 0 Å². The summed E-state index contributed by atoms with van der Waals surface area (Å²) in [5, 5.41) is 12.5. The van der Waals surface area contributed by atoms with Gasteiger partial charge < -0.3 is 10.4 Å². The van der Waals surface area contributed by atoms with Crippen molar-refractivity contribution in [1.29, 1.82) is 0 Å². The second-order valence-corrected chi connectivity index (χ2v) is 6.59. The van der Waals surface area contributed by atoms with Gasteiger partial charge in [0.1, 0.15) is 0 Å². The molecule has 0 aliphatic rings. The Bertz CT molecular complexity index is 513. The van der Waals surface area contributed by atoms with Gasteiger partial charge in [-0.3, -0.25) is 9.59 Å². The van der Waals surface area contributed by atoms with E-state index in [4.69, 9.17) is 16.7 Å². The summed E-state index contributed by atoms with van der Waals surface area (Å²) in [6, 6.07) is 6.80. The summed E-state index contributed by atoms with van der Waals surface area (Å²) >= 11 is 5.90. The maximum Gasteiger partial charge on any atom is 0.308 e. The van der Waals surface area contributed by atoms with Crippen molar-refractivity contribution in [3.63, 3.8) is 0 Å². The molecule has 1 amide bonds. The first-order valence-corrected chi connectivity index (χ1v) is 7.88. The maximum atomic E-state index is 12.6. The van der Waals surface area contributed by atoms with E-state index in [1.807, 2.05) is 12.1 Å². The van der Waals surface area contributed by atoms with Crippen molar-refractivity contribution in [2.24, 2.45) is 11.8 Å². The molecule has 0 saturated carbocycles. The van der Waals surface area contributed by atoms with E-state index in [9.17, 15) is 9.59 Å². The fraction of sp³-hybridized carbons (Fsp3) is 0.529. The highest BCUT2D eigenvalue weighted by Gasteiger charge is 2.26. The molecule has 0 radical (unpaired) electrons. The van der Waals surface area contributed by atoms with E-state index < -0.39 is 17.9 Å². The number of halogens is 1. The molecule has 1 rings (SSSR count). The number of hydrogen-bond donors (Lipinski definition) is 2. The molecule has 1 aromatic rings. The Hall–Kier alpha value is -1.55. The number of carbonyl (C=O) groups is 2. The predicted octanol–water partition coefficient (Wildman–Crippen LogP) is 3.70. The number of carboxylic acid groups (broad SMARTS) is 1. The topological polar surface area (TPSA) is 66.4 Å². The van der Waals surface area contributed by atoms with Crippen molar-refractivity contribution in [2.45, 2.75) is 46.1 Å². The monoisotopic (exact) mass is 325 g/mol. The van der Waals surface area contributed by atoms with Crippen molar-refractivity contribution in [3.05, 3.63) is 34.9 Å². The minimum Gasteiger partial charge on any atom is -0.481 e. The third kappa shape index (κ3) is 5.34. The maximum absolute atomic E-state index is 12.6. The standard InChI is InChI=1S/C17H24ClNO3/c1-10(2)9-15(13-5-7-14(18)8-6-13)16(20)19-12(4)11(3)17(21)22/h5-8,10-12,15H,9H2,1-4H3,(H,19,20)(H,21,22). The summed E-state index contributed by atoms with van der Waals surface area (Å²) in [6.07, 6.45) is 0.696. The predicted molar refractivity (Wildman–Crippen MR) is 88.1 cm³/mol. The summed E-state index contributed by atoms with van der Waals surface area (Å²) < 4.78 is 0.